The zero-order valence-corrected chi connectivity index (χ0v) is 9.56. The van der Waals surface area contributed by atoms with Gasteiger partial charge < -0.3 is 4.74 Å². The summed E-state index contributed by atoms with van der Waals surface area (Å²) in [5, 5.41) is 4.08. The number of hydrogen-bond acceptors (Lipinski definition) is 4. The van der Waals surface area contributed by atoms with Crippen molar-refractivity contribution in [2.45, 2.75) is 20.3 Å². The fourth-order valence-electron chi connectivity index (χ4n) is 1.13. The van der Waals surface area contributed by atoms with Gasteiger partial charge in [0.15, 0.2) is 0 Å². The van der Waals surface area contributed by atoms with Crippen LogP contribution in [-0.4, -0.2) is 18.3 Å². The summed E-state index contributed by atoms with van der Waals surface area (Å²) >= 11 is 0. The Morgan fingerprint density at radius 3 is 2.69 bits per heavy atom. The second kappa shape index (κ2) is 6.61. The van der Waals surface area contributed by atoms with Gasteiger partial charge in [0, 0.05) is 5.71 Å². The van der Waals surface area contributed by atoms with Gasteiger partial charge in [-0.2, -0.15) is 5.10 Å². The molecule has 0 aliphatic rings. The quantitative estimate of drug-likeness (QED) is 0.471. The molecule has 16 heavy (non-hydrogen) atoms. The van der Waals surface area contributed by atoms with Crippen molar-refractivity contribution in [2.24, 2.45) is 5.10 Å². The average Bonchev–Trinajstić information content (AvgIpc) is 2.28. The lowest BCUT2D eigenvalue weighted by Crippen LogP contribution is -2.10. The van der Waals surface area contributed by atoms with Crippen molar-refractivity contribution in [2.75, 3.05) is 12.0 Å². The summed E-state index contributed by atoms with van der Waals surface area (Å²) in [4.78, 5) is 11.1. The highest BCUT2D eigenvalue weighted by molar-refractivity contribution is 5.97. The molecule has 0 heterocycles. The second-order valence-electron chi connectivity index (χ2n) is 3.31. The van der Waals surface area contributed by atoms with E-state index in [2.05, 4.69) is 10.5 Å². The van der Waals surface area contributed by atoms with E-state index in [-0.39, 0.29) is 12.4 Å². The number of nitrogens with zero attached hydrogens (tertiary/aromatic N) is 1. The van der Waals surface area contributed by atoms with Crippen molar-refractivity contribution in [1.82, 2.24) is 0 Å². The normalized spacial score (nSPS) is 11.0. The molecule has 4 heteroatoms. The maximum atomic E-state index is 11.1. The van der Waals surface area contributed by atoms with E-state index in [0.29, 0.717) is 12.3 Å². The van der Waals surface area contributed by atoms with E-state index in [1.165, 1.54) is 0 Å². The van der Waals surface area contributed by atoms with E-state index in [1.54, 1.807) is 13.8 Å². The molecule has 0 saturated heterocycles. The number of para-hydroxylation sites is 1. The van der Waals surface area contributed by atoms with Crippen molar-refractivity contribution >= 4 is 17.4 Å². The predicted octanol–water partition coefficient (Wildman–Crippen LogP) is 2.43. The molecule has 0 unspecified atom stereocenters. The largest absolute Gasteiger partial charge is 0.466 e. The molecule has 1 aromatic rings. The summed E-state index contributed by atoms with van der Waals surface area (Å²) in [6.07, 6.45) is 0.216. The summed E-state index contributed by atoms with van der Waals surface area (Å²) in [5.41, 5.74) is 4.46. The van der Waals surface area contributed by atoms with Crippen LogP contribution >= 0.6 is 0 Å². The van der Waals surface area contributed by atoms with Crippen LogP contribution in [0.1, 0.15) is 20.3 Å². The smallest absolute Gasteiger partial charge is 0.311 e. The molecule has 0 aliphatic heterocycles. The Kier molecular flexibility index (Phi) is 5.05. The molecule has 1 aromatic carbocycles. The van der Waals surface area contributed by atoms with Crippen LogP contribution in [0.15, 0.2) is 35.4 Å². The molecular formula is C12H16N2O2. The molecule has 0 radical (unpaired) electrons. The molecule has 0 aliphatic carbocycles. The molecule has 0 saturated carbocycles. The Labute approximate surface area is 95.3 Å². The zero-order valence-electron chi connectivity index (χ0n) is 9.56. The molecule has 86 valence electrons. The number of anilines is 1. The minimum Gasteiger partial charge on any atom is -0.466 e. The number of hydrazone groups is 1. The van der Waals surface area contributed by atoms with Crippen LogP contribution in [0.25, 0.3) is 0 Å². The van der Waals surface area contributed by atoms with Gasteiger partial charge in [-0.05, 0) is 26.0 Å². The van der Waals surface area contributed by atoms with Gasteiger partial charge in [0.05, 0.1) is 18.7 Å². The number of rotatable bonds is 5. The number of carbonyl (C=O) groups excluding carboxylic acids is 1. The van der Waals surface area contributed by atoms with Crippen molar-refractivity contribution in [3.63, 3.8) is 0 Å². The summed E-state index contributed by atoms with van der Waals surface area (Å²) < 4.78 is 4.82. The third-order valence-electron chi connectivity index (χ3n) is 1.86. The Morgan fingerprint density at radius 1 is 1.38 bits per heavy atom. The van der Waals surface area contributed by atoms with Gasteiger partial charge in [-0.25, -0.2) is 0 Å². The average molecular weight is 220 g/mol. The molecule has 1 N–H and O–H groups in total. The van der Waals surface area contributed by atoms with Gasteiger partial charge in [0.25, 0.3) is 0 Å². The molecule has 4 nitrogen and oxygen atoms in total. The summed E-state index contributed by atoms with van der Waals surface area (Å²) in [6, 6.07) is 9.57. The number of benzene rings is 1. The van der Waals surface area contributed by atoms with E-state index in [4.69, 9.17) is 4.74 Å². The van der Waals surface area contributed by atoms with Crippen LogP contribution in [0, 0.1) is 0 Å². The lowest BCUT2D eigenvalue weighted by Gasteiger charge is -2.03. The molecule has 0 fully saturated rings. The van der Waals surface area contributed by atoms with Crippen molar-refractivity contribution < 1.29 is 9.53 Å². The highest BCUT2D eigenvalue weighted by atomic mass is 16.5. The topological polar surface area (TPSA) is 50.7 Å². The first-order valence-electron chi connectivity index (χ1n) is 5.22. The Balaban J connectivity index is 2.42. The summed E-state index contributed by atoms with van der Waals surface area (Å²) in [5.74, 6) is -0.251. The SMILES string of the molecule is CCOC(=O)C/C(C)=N/Nc1ccccc1. The number of hydrogen-bond donors (Lipinski definition) is 1. The lowest BCUT2D eigenvalue weighted by atomic mass is 10.3. The van der Waals surface area contributed by atoms with Gasteiger partial charge >= 0.3 is 5.97 Å². The Hall–Kier alpha value is -1.84. The van der Waals surface area contributed by atoms with Gasteiger partial charge in [0.1, 0.15) is 0 Å². The molecule has 1 rings (SSSR count). The van der Waals surface area contributed by atoms with Crippen molar-refractivity contribution in [1.29, 1.82) is 0 Å². The standard InChI is InChI=1S/C12H16N2O2/c1-3-16-12(15)9-10(2)13-14-11-7-5-4-6-8-11/h4-8,14H,3,9H2,1-2H3/b13-10+. The van der Waals surface area contributed by atoms with Crippen LogP contribution in [0.3, 0.4) is 0 Å². The molecular weight excluding hydrogens is 204 g/mol. The van der Waals surface area contributed by atoms with Crippen molar-refractivity contribution in [3.8, 4) is 0 Å². The third-order valence-corrected chi connectivity index (χ3v) is 1.86. The third kappa shape index (κ3) is 4.59. The second-order valence-corrected chi connectivity index (χ2v) is 3.31. The van der Waals surface area contributed by atoms with Gasteiger partial charge in [-0.3, -0.25) is 10.2 Å². The number of carbonyl (C=O) groups is 1. The van der Waals surface area contributed by atoms with Gasteiger partial charge in [-0.15, -0.1) is 0 Å². The highest BCUT2D eigenvalue weighted by Crippen LogP contribution is 2.04. The zero-order chi connectivity index (χ0) is 11.8. The summed E-state index contributed by atoms with van der Waals surface area (Å²) in [6.45, 7) is 3.97. The summed E-state index contributed by atoms with van der Waals surface area (Å²) in [7, 11) is 0. The van der Waals surface area contributed by atoms with Gasteiger partial charge in [-0.1, -0.05) is 18.2 Å². The van der Waals surface area contributed by atoms with E-state index in [1.807, 2.05) is 30.3 Å². The van der Waals surface area contributed by atoms with Crippen LogP contribution in [-0.2, 0) is 9.53 Å². The predicted molar refractivity (Wildman–Crippen MR) is 64.4 cm³/mol. The first-order valence-corrected chi connectivity index (χ1v) is 5.22. The van der Waals surface area contributed by atoms with Gasteiger partial charge in [0.2, 0.25) is 0 Å². The van der Waals surface area contributed by atoms with E-state index >= 15 is 0 Å². The minimum absolute atomic E-state index is 0.216. The van der Waals surface area contributed by atoms with Crippen LogP contribution < -0.4 is 5.43 Å². The fourth-order valence-corrected chi connectivity index (χ4v) is 1.13. The van der Waals surface area contributed by atoms with Crippen LogP contribution in [0.4, 0.5) is 5.69 Å². The van der Waals surface area contributed by atoms with Crippen molar-refractivity contribution in [3.05, 3.63) is 30.3 Å². The fraction of sp³-hybridized carbons (Fsp3) is 0.333. The van der Waals surface area contributed by atoms with Crippen LogP contribution in [0.2, 0.25) is 0 Å². The number of esters is 1. The molecule has 0 atom stereocenters. The monoisotopic (exact) mass is 220 g/mol. The lowest BCUT2D eigenvalue weighted by molar-refractivity contribution is -0.141. The number of ether oxygens (including phenoxy) is 1. The maximum Gasteiger partial charge on any atom is 0.311 e. The first kappa shape index (κ1) is 12.2. The number of nitrogens with one attached hydrogen (secondary N) is 1. The Morgan fingerprint density at radius 2 is 2.06 bits per heavy atom. The molecule has 0 aromatic heterocycles. The Bertz CT molecular complexity index is 361. The van der Waals surface area contributed by atoms with E-state index < -0.39 is 0 Å². The first-order chi connectivity index (χ1) is 7.72. The highest BCUT2D eigenvalue weighted by Gasteiger charge is 2.03. The molecule has 0 spiro atoms. The van der Waals surface area contributed by atoms with E-state index in [9.17, 15) is 4.79 Å². The molecule has 0 bridgehead atoms. The maximum absolute atomic E-state index is 11.1. The van der Waals surface area contributed by atoms with E-state index in [0.717, 1.165) is 5.69 Å². The van der Waals surface area contributed by atoms with Crippen LogP contribution in [0.5, 0.6) is 0 Å². The molecule has 0 amide bonds. The minimum atomic E-state index is -0.251.